The predicted molar refractivity (Wildman–Crippen MR) is 120 cm³/mol. The zero-order valence-electron chi connectivity index (χ0n) is 18.2. The van der Waals surface area contributed by atoms with Crippen molar-refractivity contribution < 1.29 is 4.79 Å². The van der Waals surface area contributed by atoms with Crippen LogP contribution in [0.15, 0.2) is 18.2 Å². The van der Waals surface area contributed by atoms with Crippen LogP contribution in [-0.4, -0.2) is 46.5 Å². The second-order valence-electron chi connectivity index (χ2n) is 8.77. The zero-order valence-corrected chi connectivity index (χ0v) is 18.2. The maximum atomic E-state index is 11.6. The number of carbonyl (C=O) groups is 1. The molecule has 2 aromatic rings. The minimum atomic E-state index is -0.472. The van der Waals surface area contributed by atoms with Crippen molar-refractivity contribution in [1.82, 2.24) is 20.3 Å². The van der Waals surface area contributed by atoms with Crippen LogP contribution >= 0.6 is 0 Å². The molecular formula is C21H32N8O. The van der Waals surface area contributed by atoms with Crippen molar-refractivity contribution in [3.63, 3.8) is 0 Å². The van der Waals surface area contributed by atoms with E-state index in [1.54, 1.807) is 12.1 Å². The number of hydrogen-bond acceptors (Lipinski definition) is 8. The number of benzene rings is 1. The van der Waals surface area contributed by atoms with Crippen molar-refractivity contribution in [3.8, 4) is 0 Å². The Balaban J connectivity index is 1.90. The molecule has 1 aliphatic heterocycles. The molecule has 1 fully saturated rings. The highest BCUT2D eigenvalue weighted by molar-refractivity contribution is 5.94. The lowest BCUT2D eigenvalue weighted by Gasteiger charge is -2.20. The van der Waals surface area contributed by atoms with Crippen LogP contribution in [0, 0.1) is 5.41 Å². The number of nitrogens with one attached hydrogen (secondary N) is 4. The number of anilines is 4. The molecule has 0 radical (unpaired) electrons. The van der Waals surface area contributed by atoms with Crippen LogP contribution < -0.4 is 27.0 Å². The molecule has 1 atom stereocenters. The van der Waals surface area contributed by atoms with Crippen LogP contribution in [0.25, 0.3) is 0 Å². The molecule has 3 rings (SSSR count). The Morgan fingerprint density at radius 2 is 1.93 bits per heavy atom. The Bertz CT molecular complexity index is 887. The summed E-state index contributed by atoms with van der Waals surface area (Å²) in [7, 11) is 0. The van der Waals surface area contributed by atoms with Crippen LogP contribution in [-0.2, 0) is 6.42 Å². The van der Waals surface area contributed by atoms with E-state index in [1.807, 2.05) is 13.0 Å². The Morgan fingerprint density at radius 3 is 2.57 bits per heavy atom. The average molecular weight is 413 g/mol. The summed E-state index contributed by atoms with van der Waals surface area (Å²) >= 11 is 0. The summed E-state index contributed by atoms with van der Waals surface area (Å²) in [6.45, 7) is 11.1. The molecule has 2 heterocycles. The summed E-state index contributed by atoms with van der Waals surface area (Å²) in [6.07, 6.45) is 1.81. The van der Waals surface area contributed by atoms with Crippen LogP contribution in [0.5, 0.6) is 0 Å². The van der Waals surface area contributed by atoms with Crippen LogP contribution in [0.2, 0.25) is 0 Å². The van der Waals surface area contributed by atoms with Gasteiger partial charge in [-0.05, 0) is 42.5 Å². The lowest BCUT2D eigenvalue weighted by molar-refractivity contribution is 0.100. The number of nitrogens with zero attached hydrogens (tertiary/aromatic N) is 3. The smallest absolute Gasteiger partial charge is 0.248 e. The standard InChI is InChI=1S/C21H32N8O/c1-5-13-6-7-14(17(22)30)10-16(13)26-20-28-18(24-12-21(2,3)4)27-19(29-20)25-15-8-9-23-11-15/h6-7,10,15,23H,5,8-9,11-12H2,1-4H3,(H2,22,30)(H3,24,25,26,27,28,29)/t15-/m0/s1. The van der Waals surface area contributed by atoms with E-state index in [1.165, 1.54) is 0 Å². The van der Waals surface area contributed by atoms with E-state index in [9.17, 15) is 4.79 Å². The molecule has 30 heavy (non-hydrogen) atoms. The van der Waals surface area contributed by atoms with Gasteiger partial charge >= 0.3 is 0 Å². The number of amides is 1. The number of nitrogens with two attached hydrogens (primary N) is 1. The SMILES string of the molecule is CCc1ccc(C(N)=O)cc1Nc1nc(NCC(C)(C)C)nc(N[C@H]2CCNC2)n1. The molecule has 0 aliphatic carbocycles. The highest BCUT2D eigenvalue weighted by Gasteiger charge is 2.18. The average Bonchev–Trinajstić information content (AvgIpc) is 3.18. The summed E-state index contributed by atoms with van der Waals surface area (Å²) in [4.78, 5) is 25.3. The monoisotopic (exact) mass is 412 g/mol. The van der Waals surface area contributed by atoms with Crippen molar-refractivity contribution in [2.24, 2.45) is 11.1 Å². The van der Waals surface area contributed by atoms with Crippen molar-refractivity contribution in [2.75, 3.05) is 35.6 Å². The zero-order chi connectivity index (χ0) is 21.7. The molecule has 6 N–H and O–H groups in total. The fraction of sp³-hybridized carbons (Fsp3) is 0.524. The first-order valence-corrected chi connectivity index (χ1v) is 10.4. The van der Waals surface area contributed by atoms with Gasteiger partial charge in [-0.3, -0.25) is 4.79 Å². The fourth-order valence-corrected chi connectivity index (χ4v) is 3.15. The van der Waals surface area contributed by atoms with Gasteiger partial charge in [-0.1, -0.05) is 33.8 Å². The van der Waals surface area contributed by atoms with E-state index in [-0.39, 0.29) is 11.5 Å². The number of hydrogen-bond donors (Lipinski definition) is 5. The highest BCUT2D eigenvalue weighted by atomic mass is 16.1. The number of primary amides is 1. The van der Waals surface area contributed by atoms with Gasteiger partial charge in [0, 0.05) is 30.4 Å². The summed E-state index contributed by atoms with van der Waals surface area (Å²) in [5.41, 5.74) is 7.77. The molecule has 1 saturated heterocycles. The lowest BCUT2D eigenvalue weighted by Crippen LogP contribution is -2.25. The first-order chi connectivity index (χ1) is 14.2. The molecule has 9 nitrogen and oxygen atoms in total. The Labute approximate surface area is 177 Å². The molecule has 1 aliphatic rings. The first-order valence-electron chi connectivity index (χ1n) is 10.4. The number of aromatic nitrogens is 3. The summed E-state index contributed by atoms with van der Waals surface area (Å²) < 4.78 is 0. The van der Waals surface area contributed by atoms with E-state index in [4.69, 9.17) is 5.73 Å². The molecule has 1 amide bonds. The quantitative estimate of drug-likeness (QED) is 0.447. The minimum absolute atomic E-state index is 0.0778. The molecule has 0 unspecified atom stereocenters. The molecule has 162 valence electrons. The van der Waals surface area contributed by atoms with Crippen LogP contribution in [0.3, 0.4) is 0 Å². The summed E-state index contributed by atoms with van der Waals surface area (Å²) in [6, 6.07) is 5.64. The van der Waals surface area contributed by atoms with E-state index in [0.29, 0.717) is 23.4 Å². The maximum Gasteiger partial charge on any atom is 0.248 e. The van der Waals surface area contributed by atoms with E-state index in [2.05, 4.69) is 57.0 Å². The van der Waals surface area contributed by atoms with Gasteiger partial charge in [-0.2, -0.15) is 15.0 Å². The van der Waals surface area contributed by atoms with Crippen molar-refractivity contribution in [3.05, 3.63) is 29.3 Å². The van der Waals surface area contributed by atoms with Crippen molar-refractivity contribution in [1.29, 1.82) is 0 Å². The van der Waals surface area contributed by atoms with Gasteiger partial charge < -0.3 is 27.0 Å². The molecule has 0 bridgehead atoms. The molecule has 9 heteroatoms. The van der Waals surface area contributed by atoms with Gasteiger partial charge in [0.2, 0.25) is 23.8 Å². The Hall–Kier alpha value is -2.94. The topological polar surface area (TPSA) is 130 Å². The molecule has 1 aromatic carbocycles. The minimum Gasteiger partial charge on any atom is -0.366 e. The third kappa shape index (κ3) is 6.03. The molecule has 0 saturated carbocycles. The van der Waals surface area contributed by atoms with Gasteiger partial charge in [0.05, 0.1) is 0 Å². The Kier molecular flexibility index (Phi) is 6.71. The van der Waals surface area contributed by atoms with E-state index >= 15 is 0 Å². The predicted octanol–water partition coefficient (Wildman–Crippen LogP) is 2.51. The van der Waals surface area contributed by atoms with E-state index in [0.717, 1.165) is 43.7 Å². The normalized spacial score (nSPS) is 16.3. The van der Waals surface area contributed by atoms with Crippen LogP contribution in [0.1, 0.15) is 50.0 Å². The Morgan fingerprint density at radius 1 is 1.20 bits per heavy atom. The molecule has 0 spiro atoms. The lowest BCUT2D eigenvalue weighted by atomic mass is 9.97. The molecule has 1 aromatic heterocycles. The van der Waals surface area contributed by atoms with Gasteiger partial charge in [0.25, 0.3) is 0 Å². The second kappa shape index (κ2) is 9.25. The summed E-state index contributed by atoms with van der Waals surface area (Å²) in [5, 5.41) is 13.3. The number of carbonyl (C=O) groups excluding carboxylic acids is 1. The largest absolute Gasteiger partial charge is 0.366 e. The van der Waals surface area contributed by atoms with Gasteiger partial charge in [-0.15, -0.1) is 0 Å². The number of rotatable bonds is 8. The van der Waals surface area contributed by atoms with Crippen molar-refractivity contribution >= 4 is 29.4 Å². The van der Waals surface area contributed by atoms with Gasteiger partial charge in [0.15, 0.2) is 0 Å². The highest BCUT2D eigenvalue weighted by Crippen LogP contribution is 2.23. The third-order valence-corrected chi connectivity index (χ3v) is 4.83. The third-order valence-electron chi connectivity index (χ3n) is 4.83. The van der Waals surface area contributed by atoms with E-state index < -0.39 is 5.91 Å². The van der Waals surface area contributed by atoms with Gasteiger partial charge in [0.1, 0.15) is 0 Å². The fourth-order valence-electron chi connectivity index (χ4n) is 3.15. The molecular weight excluding hydrogens is 380 g/mol. The van der Waals surface area contributed by atoms with Crippen LogP contribution in [0.4, 0.5) is 23.5 Å². The maximum absolute atomic E-state index is 11.6. The first kappa shape index (κ1) is 21.8. The van der Waals surface area contributed by atoms with Crippen molar-refractivity contribution in [2.45, 2.75) is 46.6 Å². The summed E-state index contributed by atoms with van der Waals surface area (Å²) in [5.74, 6) is 0.952. The second-order valence-corrected chi connectivity index (χ2v) is 8.77. The number of aryl methyl sites for hydroxylation is 1. The van der Waals surface area contributed by atoms with Gasteiger partial charge in [-0.25, -0.2) is 0 Å².